The lowest BCUT2D eigenvalue weighted by atomic mass is 10.1. The predicted molar refractivity (Wildman–Crippen MR) is 92.4 cm³/mol. The number of thioether (sulfide) groups is 1. The van der Waals surface area contributed by atoms with E-state index in [2.05, 4.69) is 10.6 Å². The molecule has 1 atom stereocenters. The monoisotopic (exact) mass is 370 g/mol. The van der Waals surface area contributed by atoms with Crippen molar-refractivity contribution in [2.75, 3.05) is 5.32 Å². The standard InChI is InChI=1S/C16H16F2N2O2S2/c1-10(21)19-13(14-3-2-8-23-14)9-15(22)20-11-4-6-12(7-5-11)24-16(17)18/h2-8,13,16H,9H2,1H3,(H,19,21)(H,20,22)/t13-/m0/s1. The van der Waals surface area contributed by atoms with Crippen LogP contribution in [0.2, 0.25) is 0 Å². The average molecular weight is 370 g/mol. The number of hydrogen-bond donors (Lipinski definition) is 2. The van der Waals surface area contributed by atoms with E-state index in [1.54, 1.807) is 12.1 Å². The first kappa shape index (κ1) is 18.4. The van der Waals surface area contributed by atoms with Crippen LogP contribution in [0.5, 0.6) is 0 Å². The Morgan fingerprint density at radius 3 is 2.46 bits per heavy atom. The first-order valence-electron chi connectivity index (χ1n) is 7.09. The fraction of sp³-hybridized carbons (Fsp3) is 0.250. The zero-order valence-corrected chi connectivity index (χ0v) is 14.4. The molecule has 8 heteroatoms. The van der Waals surface area contributed by atoms with Gasteiger partial charge in [0.15, 0.2) is 0 Å². The molecule has 0 fully saturated rings. The Labute approximate surface area is 146 Å². The van der Waals surface area contributed by atoms with Crippen molar-refractivity contribution >= 4 is 40.6 Å². The van der Waals surface area contributed by atoms with Gasteiger partial charge in [0.05, 0.1) is 12.5 Å². The maximum Gasteiger partial charge on any atom is 0.288 e. The number of alkyl halides is 2. The molecule has 1 heterocycles. The minimum absolute atomic E-state index is 0.0909. The molecule has 2 aromatic rings. The van der Waals surface area contributed by atoms with E-state index in [1.807, 2.05) is 17.5 Å². The smallest absolute Gasteiger partial charge is 0.288 e. The van der Waals surface area contributed by atoms with Crippen LogP contribution in [0, 0.1) is 0 Å². The Hall–Kier alpha value is -1.93. The highest BCUT2D eigenvalue weighted by molar-refractivity contribution is 7.99. The summed E-state index contributed by atoms with van der Waals surface area (Å²) < 4.78 is 24.5. The lowest BCUT2D eigenvalue weighted by Gasteiger charge is -2.16. The molecule has 0 aliphatic rings. The van der Waals surface area contributed by atoms with Crippen LogP contribution < -0.4 is 10.6 Å². The summed E-state index contributed by atoms with van der Waals surface area (Å²) in [5, 5.41) is 7.34. The number of thiophene rings is 1. The van der Waals surface area contributed by atoms with Crippen molar-refractivity contribution in [3.8, 4) is 0 Å². The van der Waals surface area contributed by atoms with Gasteiger partial charge >= 0.3 is 0 Å². The van der Waals surface area contributed by atoms with E-state index in [4.69, 9.17) is 0 Å². The highest BCUT2D eigenvalue weighted by atomic mass is 32.2. The number of amides is 2. The van der Waals surface area contributed by atoms with Crippen LogP contribution in [0.3, 0.4) is 0 Å². The first-order valence-corrected chi connectivity index (χ1v) is 8.85. The maximum atomic E-state index is 12.3. The third kappa shape index (κ3) is 5.93. The van der Waals surface area contributed by atoms with Crippen LogP contribution in [0.25, 0.3) is 0 Å². The number of rotatable bonds is 7. The van der Waals surface area contributed by atoms with E-state index in [0.717, 1.165) is 4.88 Å². The Bertz CT molecular complexity index is 676. The Kier molecular flexibility index (Phi) is 6.74. The Morgan fingerprint density at radius 2 is 1.92 bits per heavy atom. The highest BCUT2D eigenvalue weighted by Gasteiger charge is 2.18. The SMILES string of the molecule is CC(=O)N[C@@H](CC(=O)Nc1ccc(SC(F)F)cc1)c1cccs1. The number of carbonyl (C=O) groups excluding carboxylic acids is 2. The molecule has 1 aromatic carbocycles. The second kappa shape index (κ2) is 8.79. The summed E-state index contributed by atoms with van der Waals surface area (Å²) in [7, 11) is 0. The summed E-state index contributed by atoms with van der Waals surface area (Å²) >= 11 is 1.91. The molecule has 24 heavy (non-hydrogen) atoms. The van der Waals surface area contributed by atoms with Gasteiger partial charge in [-0.2, -0.15) is 8.78 Å². The van der Waals surface area contributed by atoms with Crippen molar-refractivity contribution in [2.24, 2.45) is 0 Å². The van der Waals surface area contributed by atoms with E-state index in [9.17, 15) is 18.4 Å². The fourth-order valence-corrected chi connectivity index (χ4v) is 3.35. The summed E-state index contributed by atoms with van der Waals surface area (Å²) in [5.74, 6) is -2.96. The molecule has 0 aliphatic carbocycles. The van der Waals surface area contributed by atoms with Gasteiger partial charge < -0.3 is 10.6 Å². The third-order valence-corrected chi connectivity index (χ3v) is 4.73. The molecule has 4 nitrogen and oxygen atoms in total. The summed E-state index contributed by atoms with van der Waals surface area (Å²) in [6.07, 6.45) is 0.0909. The van der Waals surface area contributed by atoms with E-state index in [-0.39, 0.29) is 18.2 Å². The molecule has 2 N–H and O–H groups in total. The molecule has 128 valence electrons. The molecular weight excluding hydrogens is 354 g/mol. The third-order valence-electron chi connectivity index (χ3n) is 3.02. The molecule has 0 spiro atoms. The summed E-state index contributed by atoms with van der Waals surface area (Å²) in [6.45, 7) is 1.40. The van der Waals surface area contributed by atoms with Crippen molar-refractivity contribution in [1.82, 2.24) is 5.32 Å². The van der Waals surface area contributed by atoms with Crippen LogP contribution in [0.1, 0.15) is 24.3 Å². The summed E-state index contributed by atoms with van der Waals surface area (Å²) in [6, 6.07) is 9.51. The van der Waals surface area contributed by atoms with Gasteiger partial charge in [0.1, 0.15) is 0 Å². The van der Waals surface area contributed by atoms with Crippen molar-refractivity contribution in [3.05, 3.63) is 46.7 Å². The molecule has 0 saturated carbocycles. The molecule has 0 radical (unpaired) electrons. The maximum absolute atomic E-state index is 12.3. The number of anilines is 1. The normalized spacial score (nSPS) is 12.0. The van der Waals surface area contributed by atoms with E-state index in [0.29, 0.717) is 22.3 Å². The zero-order valence-electron chi connectivity index (χ0n) is 12.8. The van der Waals surface area contributed by atoms with Gasteiger partial charge in [-0.25, -0.2) is 0 Å². The van der Waals surface area contributed by atoms with Gasteiger partial charge in [0.2, 0.25) is 11.8 Å². The molecule has 2 amide bonds. The minimum atomic E-state index is -2.48. The van der Waals surface area contributed by atoms with Crippen molar-refractivity contribution in [3.63, 3.8) is 0 Å². The van der Waals surface area contributed by atoms with E-state index >= 15 is 0 Å². The Balaban J connectivity index is 1.96. The van der Waals surface area contributed by atoms with Gasteiger partial charge in [-0.15, -0.1) is 11.3 Å². The van der Waals surface area contributed by atoms with Crippen LogP contribution in [0.15, 0.2) is 46.7 Å². The van der Waals surface area contributed by atoms with Gasteiger partial charge in [-0.05, 0) is 35.7 Å². The first-order chi connectivity index (χ1) is 11.4. The Morgan fingerprint density at radius 1 is 1.21 bits per heavy atom. The van der Waals surface area contributed by atoms with Crippen molar-refractivity contribution in [1.29, 1.82) is 0 Å². The molecule has 0 saturated heterocycles. The lowest BCUT2D eigenvalue weighted by molar-refractivity contribution is -0.120. The molecule has 0 unspecified atom stereocenters. The van der Waals surface area contributed by atoms with E-state index < -0.39 is 11.8 Å². The predicted octanol–water partition coefficient (Wildman–Crippen LogP) is 4.27. The average Bonchev–Trinajstić information content (AvgIpc) is 3.02. The number of nitrogens with one attached hydrogen (secondary N) is 2. The van der Waals surface area contributed by atoms with Crippen LogP contribution in [-0.4, -0.2) is 17.6 Å². The summed E-state index contributed by atoms with van der Waals surface area (Å²) in [5.41, 5.74) is 0.520. The van der Waals surface area contributed by atoms with Crippen LogP contribution in [0.4, 0.5) is 14.5 Å². The largest absolute Gasteiger partial charge is 0.348 e. The van der Waals surface area contributed by atoms with Gasteiger partial charge in [0.25, 0.3) is 5.76 Å². The molecule has 0 aliphatic heterocycles. The van der Waals surface area contributed by atoms with Crippen LogP contribution >= 0.6 is 23.1 Å². The second-order valence-electron chi connectivity index (χ2n) is 4.92. The fourth-order valence-electron chi connectivity index (χ4n) is 2.07. The molecule has 1 aromatic heterocycles. The molecular formula is C16H16F2N2O2S2. The quantitative estimate of drug-likeness (QED) is 0.716. The number of halogens is 2. The van der Waals surface area contributed by atoms with E-state index in [1.165, 1.54) is 30.4 Å². The number of hydrogen-bond acceptors (Lipinski definition) is 4. The van der Waals surface area contributed by atoms with Gasteiger partial charge in [-0.3, -0.25) is 9.59 Å². The summed E-state index contributed by atoms with van der Waals surface area (Å²) in [4.78, 5) is 24.8. The zero-order chi connectivity index (χ0) is 17.5. The van der Waals surface area contributed by atoms with Gasteiger partial charge in [-0.1, -0.05) is 17.8 Å². The lowest BCUT2D eigenvalue weighted by Crippen LogP contribution is -2.29. The molecule has 2 rings (SSSR count). The number of benzene rings is 1. The van der Waals surface area contributed by atoms with Crippen molar-refractivity contribution < 1.29 is 18.4 Å². The topological polar surface area (TPSA) is 58.2 Å². The highest BCUT2D eigenvalue weighted by Crippen LogP contribution is 2.27. The second-order valence-corrected chi connectivity index (χ2v) is 6.97. The minimum Gasteiger partial charge on any atom is -0.348 e. The van der Waals surface area contributed by atoms with Gasteiger partial charge in [0, 0.05) is 22.4 Å². The van der Waals surface area contributed by atoms with Crippen molar-refractivity contribution in [2.45, 2.75) is 30.0 Å². The molecule has 0 bridgehead atoms. The van der Waals surface area contributed by atoms with Crippen LogP contribution in [-0.2, 0) is 9.59 Å². The number of carbonyl (C=O) groups is 2.